The van der Waals surface area contributed by atoms with Gasteiger partial charge in [-0.15, -0.1) is 11.3 Å². The van der Waals surface area contributed by atoms with Gasteiger partial charge in [-0.2, -0.15) is 0 Å². The summed E-state index contributed by atoms with van der Waals surface area (Å²) in [6.45, 7) is 4.63. The molecule has 0 bridgehead atoms. The second kappa shape index (κ2) is 8.96. The molecule has 3 amide bonds. The van der Waals surface area contributed by atoms with E-state index in [0.717, 1.165) is 4.88 Å². The molecule has 164 valence electrons. The van der Waals surface area contributed by atoms with Gasteiger partial charge < -0.3 is 16.0 Å². The van der Waals surface area contributed by atoms with Crippen molar-refractivity contribution >= 4 is 34.7 Å². The number of rotatable bonds is 6. The number of fused-ring (bicyclic) bond motifs is 1. The third kappa shape index (κ3) is 4.03. The average Bonchev–Trinajstić information content (AvgIpc) is 3.30. The number of nitrogens with zero attached hydrogens (tertiary/aromatic N) is 1. The van der Waals surface area contributed by atoms with E-state index in [9.17, 15) is 14.4 Å². The van der Waals surface area contributed by atoms with Gasteiger partial charge in [-0.25, -0.2) is 0 Å². The number of anilines is 1. The Morgan fingerprint density at radius 2 is 1.78 bits per heavy atom. The summed E-state index contributed by atoms with van der Waals surface area (Å²) in [5.74, 6) is -1.38. The molecule has 1 aliphatic rings. The number of thiophene rings is 1. The van der Waals surface area contributed by atoms with E-state index in [4.69, 9.17) is 5.73 Å². The van der Waals surface area contributed by atoms with E-state index < -0.39 is 17.9 Å². The highest BCUT2D eigenvalue weighted by Crippen LogP contribution is 2.45. The summed E-state index contributed by atoms with van der Waals surface area (Å²) in [5, 5.41) is 4.86. The van der Waals surface area contributed by atoms with Crippen LogP contribution in [0.15, 0.2) is 66.0 Å². The molecule has 0 spiro atoms. The predicted molar refractivity (Wildman–Crippen MR) is 126 cm³/mol. The minimum absolute atomic E-state index is 0.0747. The number of nitrogens with two attached hydrogens (primary N) is 1. The van der Waals surface area contributed by atoms with Gasteiger partial charge in [0.15, 0.2) is 0 Å². The Hall–Kier alpha value is -3.45. The number of primary amides is 1. The fourth-order valence-corrected chi connectivity index (χ4v) is 5.14. The highest BCUT2D eigenvalue weighted by atomic mass is 32.1. The maximum absolute atomic E-state index is 13.8. The Bertz CT molecular complexity index is 1160. The maximum atomic E-state index is 13.8. The fraction of sp³-hybridized carbons (Fsp3) is 0.240. The Kier molecular flexibility index (Phi) is 6.10. The molecule has 1 aromatic heterocycles. The summed E-state index contributed by atoms with van der Waals surface area (Å²) >= 11 is 1.52. The van der Waals surface area contributed by atoms with Crippen LogP contribution in [0.1, 0.15) is 57.0 Å². The van der Waals surface area contributed by atoms with E-state index in [1.54, 1.807) is 30.3 Å². The van der Waals surface area contributed by atoms with Crippen LogP contribution in [0.4, 0.5) is 5.69 Å². The lowest BCUT2D eigenvalue weighted by Gasteiger charge is -2.42. The second-order valence-corrected chi connectivity index (χ2v) is 9.25. The van der Waals surface area contributed by atoms with Crippen molar-refractivity contribution in [2.75, 3.05) is 11.9 Å². The average molecular weight is 448 g/mol. The lowest BCUT2D eigenvalue weighted by molar-refractivity contribution is -0.119. The van der Waals surface area contributed by atoms with Crippen LogP contribution in [0, 0.1) is 5.92 Å². The topological polar surface area (TPSA) is 92.5 Å². The smallest absolute Gasteiger partial charge is 0.254 e. The first-order chi connectivity index (χ1) is 15.4. The first kappa shape index (κ1) is 21.8. The number of hydrogen-bond donors (Lipinski definition) is 2. The Morgan fingerprint density at radius 3 is 2.47 bits per heavy atom. The molecule has 3 N–H and O–H groups in total. The van der Waals surface area contributed by atoms with Crippen molar-refractivity contribution in [3.05, 3.63) is 87.6 Å². The van der Waals surface area contributed by atoms with Crippen LogP contribution in [0.25, 0.3) is 0 Å². The van der Waals surface area contributed by atoms with Crippen molar-refractivity contribution in [3.8, 4) is 0 Å². The Balaban J connectivity index is 1.83. The Morgan fingerprint density at radius 1 is 1.06 bits per heavy atom. The first-order valence-electron chi connectivity index (χ1n) is 10.5. The molecular formula is C25H25N3O3S. The molecule has 0 unspecified atom stereocenters. The molecule has 4 rings (SSSR count). The van der Waals surface area contributed by atoms with Gasteiger partial charge in [0, 0.05) is 17.0 Å². The first-order valence-corrected chi connectivity index (χ1v) is 11.4. The van der Waals surface area contributed by atoms with Gasteiger partial charge in [-0.1, -0.05) is 50.2 Å². The molecule has 32 heavy (non-hydrogen) atoms. The zero-order valence-corrected chi connectivity index (χ0v) is 18.8. The SMILES string of the molecule is CC(C)CN1C(=O)c2ccccc2[C@H](C(=O)Nc2ccccc2C(N)=O)[C@H]1c1cccs1. The lowest BCUT2D eigenvalue weighted by atomic mass is 9.81. The lowest BCUT2D eigenvalue weighted by Crippen LogP contribution is -2.47. The van der Waals surface area contributed by atoms with Gasteiger partial charge in [0.25, 0.3) is 11.8 Å². The highest BCUT2D eigenvalue weighted by molar-refractivity contribution is 7.10. The maximum Gasteiger partial charge on any atom is 0.254 e. The van der Waals surface area contributed by atoms with Gasteiger partial charge in [0.1, 0.15) is 0 Å². The summed E-state index contributed by atoms with van der Waals surface area (Å²) in [7, 11) is 0. The van der Waals surface area contributed by atoms with Crippen molar-refractivity contribution in [1.29, 1.82) is 0 Å². The molecular weight excluding hydrogens is 422 g/mol. The predicted octanol–water partition coefficient (Wildman–Crippen LogP) is 4.42. The largest absolute Gasteiger partial charge is 0.366 e. The van der Waals surface area contributed by atoms with Crippen LogP contribution in [0.2, 0.25) is 0 Å². The monoisotopic (exact) mass is 447 g/mol. The summed E-state index contributed by atoms with van der Waals surface area (Å²) < 4.78 is 0. The quantitative estimate of drug-likeness (QED) is 0.586. The minimum atomic E-state index is -0.637. The van der Waals surface area contributed by atoms with Crippen LogP contribution in [-0.2, 0) is 4.79 Å². The van der Waals surface area contributed by atoms with Crippen LogP contribution < -0.4 is 11.1 Å². The number of benzene rings is 2. The second-order valence-electron chi connectivity index (χ2n) is 8.28. The van der Waals surface area contributed by atoms with E-state index in [-0.39, 0.29) is 23.3 Å². The number of carbonyl (C=O) groups is 3. The number of hydrogen-bond acceptors (Lipinski definition) is 4. The van der Waals surface area contributed by atoms with Gasteiger partial charge in [0.2, 0.25) is 5.91 Å². The molecule has 6 nitrogen and oxygen atoms in total. The molecule has 2 aromatic carbocycles. The van der Waals surface area contributed by atoms with Gasteiger partial charge >= 0.3 is 0 Å². The third-order valence-corrected chi connectivity index (χ3v) is 6.51. The van der Waals surface area contributed by atoms with E-state index in [0.29, 0.717) is 23.4 Å². The zero-order valence-electron chi connectivity index (χ0n) is 17.9. The normalized spacial score (nSPS) is 17.8. The van der Waals surface area contributed by atoms with E-state index in [2.05, 4.69) is 19.2 Å². The molecule has 2 heterocycles. The van der Waals surface area contributed by atoms with Gasteiger partial charge in [-0.05, 0) is 41.1 Å². The molecule has 2 atom stereocenters. The number of para-hydroxylation sites is 1. The van der Waals surface area contributed by atoms with Crippen LogP contribution >= 0.6 is 11.3 Å². The summed E-state index contributed by atoms with van der Waals surface area (Å²) in [4.78, 5) is 41.8. The van der Waals surface area contributed by atoms with Crippen LogP contribution in [0.3, 0.4) is 0 Å². The van der Waals surface area contributed by atoms with Crippen molar-refractivity contribution in [3.63, 3.8) is 0 Å². The molecule has 0 saturated heterocycles. The molecule has 0 fully saturated rings. The summed E-state index contributed by atoms with van der Waals surface area (Å²) in [6.07, 6.45) is 0. The van der Waals surface area contributed by atoms with Crippen molar-refractivity contribution in [2.24, 2.45) is 11.7 Å². The number of nitrogens with one attached hydrogen (secondary N) is 1. The van der Waals surface area contributed by atoms with Crippen molar-refractivity contribution in [1.82, 2.24) is 4.90 Å². The molecule has 0 radical (unpaired) electrons. The minimum Gasteiger partial charge on any atom is -0.366 e. The molecule has 3 aromatic rings. The molecule has 0 aliphatic carbocycles. The molecule has 1 aliphatic heterocycles. The number of carbonyl (C=O) groups excluding carboxylic acids is 3. The molecule has 0 saturated carbocycles. The van der Waals surface area contributed by atoms with Crippen LogP contribution in [0.5, 0.6) is 0 Å². The molecule has 7 heteroatoms. The van der Waals surface area contributed by atoms with E-state index in [1.807, 2.05) is 40.6 Å². The van der Waals surface area contributed by atoms with E-state index in [1.165, 1.54) is 11.3 Å². The number of amides is 3. The van der Waals surface area contributed by atoms with Crippen molar-refractivity contribution in [2.45, 2.75) is 25.8 Å². The fourth-order valence-electron chi connectivity index (χ4n) is 4.26. The van der Waals surface area contributed by atoms with Gasteiger partial charge in [-0.3, -0.25) is 14.4 Å². The standard InChI is InChI=1S/C25H25N3O3S/c1-15(2)14-28-22(20-12-7-13-32-20)21(16-8-3-4-9-17(16)25(28)31)24(30)27-19-11-6-5-10-18(19)23(26)29/h3-13,15,21-22H,14H2,1-2H3,(H2,26,29)(H,27,30)/t21-,22+/m0/s1. The summed E-state index contributed by atoms with van der Waals surface area (Å²) in [6, 6.07) is 17.4. The Labute approximate surface area is 191 Å². The van der Waals surface area contributed by atoms with E-state index >= 15 is 0 Å². The summed E-state index contributed by atoms with van der Waals surface area (Å²) in [5.41, 5.74) is 7.32. The van der Waals surface area contributed by atoms with Crippen molar-refractivity contribution < 1.29 is 14.4 Å². The zero-order chi connectivity index (χ0) is 22.8. The van der Waals surface area contributed by atoms with Crippen LogP contribution in [-0.4, -0.2) is 29.2 Å². The third-order valence-electron chi connectivity index (χ3n) is 5.57. The highest BCUT2D eigenvalue weighted by Gasteiger charge is 2.44. The van der Waals surface area contributed by atoms with Gasteiger partial charge in [0.05, 0.1) is 23.2 Å².